The normalized spacial score (nSPS) is 24.0. The van der Waals surface area contributed by atoms with Gasteiger partial charge in [0.15, 0.2) is 9.84 Å². The maximum atomic E-state index is 12.6. The first kappa shape index (κ1) is 16.4. The number of benzene rings is 1. The standard InChI is InChI=1S/C14H18N2O5S/c1-9-8-12(16(18)19)4-5-13(9)14(17)15-6-7-22(20,21)11(3)10(15)2/h4-5,8,10-11H,6-7H2,1-3H3/t10-,11-/m1/s1. The largest absolute Gasteiger partial charge is 0.334 e. The summed E-state index contributed by atoms with van der Waals surface area (Å²) in [4.78, 5) is 24.4. The van der Waals surface area contributed by atoms with Crippen LogP contribution in [0.1, 0.15) is 29.8 Å². The predicted octanol–water partition coefficient (Wildman–Crippen LogP) is 1.55. The van der Waals surface area contributed by atoms with Crippen LogP contribution < -0.4 is 0 Å². The molecule has 1 heterocycles. The highest BCUT2D eigenvalue weighted by Crippen LogP contribution is 2.24. The summed E-state index contributed by atoms with van der Waals surface area (Å²) in [6.45, 7) is 5.08. The van der Waals surface area contributed by atoms with E-state index in [1.54, 1.807) is 20.8 Å². The van der Waals surface area contributed by atoms with Crippen LogP contribution >= 0.6 is 0 Å². The maximum absolute atomic E-state index is 12.6. The van der Waals surface area contributed by atoms with Crippen molar-refractivity contribution in [2.75, 3.05) is 12.3 Å². The molecule has 22 heavy (non-hydrogen) atoms. The number of carbonyl (C=O) groups excluding carboxylic acids is 1. The number of nitro benzene ring substituents is 1. The van der Waals surface area contributed by atoms with E-state index in [0.29, 0.717) is 11.1 Å². The Bertz CT molecular complexity index is 729. The SMILES string of the molecule is Cc1cc([N+](=O)[O-])ccc1C(=O)N1CCS(=O)(=O)[C@H](C)[C@H]1C. The molecule has 0 unspecified atom stereocenters. The van der Waals surface area contributed by atoms with E-state index in [2.05, 4.69) is 0 Å². The highest BCUT2D eigenvalue weighted by molar-refractivity contribution is 7.92. The Morgan fingerprint density at radius 3 is 2.55 bits per heavy atom. The Morgan fingerprint density at radius 2 is 2.00 bits per heavy atom. The summed E-state index contributed by atoms with van der Waals surface area (Å²) < 4.78 is 23.7. The number of nitro groups is 1. The summed E-state index contributed by atoms with van der Waals surface area (Å²) in [7, 11) is -3.17. The monoisotopic (exact) mass is 326 g/mol. The first-order chi connectivity index (χ1) is 10.1. The molecule has 0 saturated carbocycles. The van der Waals surface area contributed by atoms with Crippen molar-refractivity contribution in [1.29, 1.82) is 0 Å². The predicted molar refractivity (Wildman–Crippen MR) is 81.6 cm³/mol. The van der Waals surface area contributed by atoms with Crippen LogP contribution in [0.5, 0.6) is 0 Å². The van der Waals surface area contributed by atoms with Crippen LogP contribution in [0.25, 0.3) is 0 Å². The number of aryl methyl sites for hydroxylation is 1. The number of carbonyl (C=O) groups is 1. The Morgan fingerprint density at radius 1 is 1.36 bits per heavy atom. The van der Waals surface area contributed by atoms with Gasteiger partial charge < -0.3 is 4.90 Å². The second-order valence-electron chi connectivity index (χ2n) is 5.57. The minimum absolute atomic E-state index is 0.0593. The minimum Gasteiger partial charge on any atom is -0.334 e. The lowest BCUT2D eigenvalue weighted by Crippen LogP contribution is -2.54. The van der Waals surface area contributed by atoms with Gasteiger partial charge in [0, 0.05) is 30.3 Å². The van der Waals surface area contributed by atoms with Crippen LogP contribution in [0.2, 0.25) is 0 Å². The molecule has 7 nitrogen and oxygen atoms in total. The summed E-state index contributed by atoms with van der Waals surface area (Å²) in [6.07, 6.45) is 0. The lowest BCUT2D eigenvalue weighted by molar-refractivity contribution is -0.384. The Labute approximate surface area is 129 Å². The van der Waals surface area contributed by atoms with Crippen molar-refractivity contribution >= 4 is 21.4 Å². The topological polar surface area (TPSA) is 97.6 Å². The molecular formula is C14H18N2O5S. The highest BCUT2D eigenvalue weighted by atomic mass is 32.2. The van der Waals surface area contributed by atoms with Gasteiger partial charge in [-0.2, -0.15) is 0 Å². The molecular weight excluding hydrogens is 308 g/mol. The van der Waals surface area contributed by atoms with Crippen molar-refractivity contribution in [2.24, 2.45) is 0 Å². The fourth-order valence-electron chi connectivity index (χ4n) is 2.61. The van der Waals surface area contributed by atoms with E-state index in [4.69, 9.17) is 0 Å². The molecule has 0 N–H and O–H groups in total. The van der Waals surface area contributed by atoms with E-state index in [9.17, 15) is 23.3 Å². The summed E-state index contributed by atoms with van der Waals surface area (Å²) in [5.41, 5.74) is 0.799. The van der Waals surface area contributed by atoms with Gasteiger partial charge in [-0.25, -0.2) is 8.42 Å². The molecule has 0 bridgehead atoms. The Hall–Kier alpha value is -1.96. The van der Waals surface area contributed by atoms with Crippen LogP contribution in [-0.4, -0.2) is 47.7 Å². The van der Waals surface area contributed by atoms with Gasteiger partial charge >= 0.3 is 0 Å². The van der Waals surface area contributed by atoms with Gasteiger partial charge in [-0.1, -0.05) is 0 Å². The molecule has 1 fully saturated rings. The summed E-state index contributed by atoms with van der Waals surface area (Å²) in [6, 6.07) is 3.63. The van der Waals surface area contributed by atoms with Crippen LogP contribution in [0.3, 0.4) is 0 Å². The van der Waals surface area contributed by atoms with E-state index >= 15 is 0 Å². The average Bonchev–Trinajstić information content (AvgIpc) is 2.44. The number of sulfone groups is 1. The van der Waals surface area contributed by atoms with Gasteiger partial charge in [-0.15, -0.1) is 0 Å². The van der Waals surface area contributed by atoms with Gasteiger partial charge in [0.1, 0.15) is 0 Å². The van der Waals surface area contributed by atoms with Gasteiger partial charge in [0.2, 0.25) is 0 Å². The molecule has 0 aliphatic carbocycles. The molecule has 1 aromatic rings. The second kappa shape index (κ2) is 5.68. The summed E-state index contributed by atoms with van der Waals surface area (Å²) in [5.74, 6) is -0.349. The van der Waals surface area contributed by atoms with Crippen molar-refractivity contribution in [2.45, 2.75) is 32.1 Å². The fourth-order valence-corrected chi connectivity index (χ4v) is 4.18. The van der Waals surface area contributed by atoms with Gasteiger partial charge in [0.05, 0.1) is 15.9 Å². The quantitative estimate of drug-likeness (QED) is 0.606. The molecule has 0 radical (unpaired) electrons. The third kappa shape index (κ3) is 2.83. The third-order valence-electron chi connectivity index (χ3n) is 4.27. The van der Waals surface area contributed by atoms with Crippen LogP contribution in [0.4, 0.5) is 5.69 Å². The molecule has 1 saturated heterocycles. The highest BCUT2D eigenvalue weighted by Gasteiger charge is 2.38. The van der Waals surface area contributed by atoms with E-state index in [1.165, 1.54) is 23.1 Å². The van der Waals surface area contributed by atoms with Crippen molar-refractivity contribution in [3.8, 4) is 0 Å². The minimum atomic E-state index is -3.17. The van der Waals surface area contributed by atoms with Gasteiger partial charge in [-0.05, 0) is 32.4 Å². The van der Waals surface area contributed by atoms with E-state index < -0.39 is 26.1 Å². The summed E-state index contributed by atoms with van der Waals surface area (Å²) >= 11 is 0. The number of hydrogen-bond acceptors (Lipinski definition) is 5. The van der Waals surface area contributed by atoms with E-state index in [-0.39, 0.29) is 23.9 Å². The number of hydrogen-bond donors (Lipinski definition) is 0. The lowest BCUT2D eigenvalue weighted by Gasteiger charge is -2.37. The van der Waals surface area contributed by atoms with Crippen molar-refractivity contribution in [1.82, 2.24) is 4.90 Å². The first-order valence-electron chi connectivity index (χ1n) is 6.92. The van der Waals surface area contributed by atoms with Crippen LogP contribution in [0.15, 0.2) is 18.2 Å². The Kier molecular flexibility index (Phi) is 4.23. The van der Waals surface area contributed by atoms with Crippen LogP contribution in [-0.2, 0) is 9.84 Å². The zero-order valence-corrected chi connectivity index (χ0v) is 13.5. The summed E-state index contributed by atoms with van der Waals surface area (Å²) in [5, 5.41) is 10.1. The fraction of sp³-hybridized carbons (Fsp3) is 0.500. The molecule has 1 aliphatic heterocycles. The number of amides is 1. The van der Waals surface area contributed by atoms with E-state index in [0.717, 1.165) is 0 Å². The maximum Gasteiger partial charge on any atom is 0.269 e. The van der Waals surface area contributed by atoms with Gasteiger partial charge in [-0.3, -0.25) is 14.9 Å². The second-order valence-corrected chi connectivity index (χ2v) is 8.05. The molecule has 120 valence electrons. The first-order valence-corrected chi connectivity index (χ1v) is 8.64. The smallest absolute Gasteiger partial charge is 0.269 e. The zero-order chi connectivity index (χ0) is 16.7. The van der Waals surface area contributed by atoms with Crippen molar-refractivity contribution < 1.29 is 18.1 Å². The number of rotatable bonds is 2. The molecule has 2 rings (SSSR count). The van der Waals surface area contributed by atoms with Crippen LogP contribution in [0, 0.1) is 17.0 Å². The Balaban J connectivity index is 2.31. The molecule has 0 aromatic heterocycles. The molecule has 2 atom stereocenters. The molecule has 1 amide bonds. The van der Waals surface area contributed by atoms with Crippen molar-refractivity contribution in [3.05, 3.63) is 39.4 Å². The number of nitrogens with zero attached hydrogens (tertiary/aromatic N) is 2. The molecule has 1 aromatic carbocycles. The molecule has 8 heteroatoms. The van der Waals surface area contributed by atoms with Gasteiger partial charge in [0.25, 0.3) is 11.6 Å². The molecule has 0 spiro atoms. The third-order valence-corrected chi connectivity index (χ3v) is 6.54. The van der Waals surface area contributed by atoms with Crippen molar-refractivity contribution in [3.63, 3.8) is 0 Å². The molecule has 1 aliphatic rings. The zero-order valence-electron chi connectivity index (χ0n) is 12.6. The average molecular weight is 326 g/mol. The number of non-ortho nitro benzene ring substituents is 1. The lowest BCUT2D eigenvalue weighted by atomic mass is 10.0. The van der Waals surface area contributed by atoms with E-state index in [1.807, 2.05) is 0 Å².